The zero-order valence-electron chi connectivity index (χ0n) is 14.8. The molecule has 2 N–H and O–H groups in total. The van der Waals surface area contributed by atoms with Gasteiger partial charge in [-0.05, 0) is 30.2 Å². The van der Waals surface area contributed by atoms with Crippen LogP contribution in [0.2, 0.25) is 0 Å². The molecule has 0 aliphatic rings. The summed E-state index contributed by atoms with van der Waals surface area (Å²) in [7, 11) is 0. The Morgan fingerprint density at radius 1 is 1.04 bits per heavy atom. The molecule has 0 saturated carbocycles. The van der Waals surface area contributed by atoms with E-state index in [1.807, 2.05) is 31.2 Å². The van der Waals surface area contributed by atoms with Gasteiger partial charge in [0.2, 0.25) is 5.76 Å². The summed E-state index contributed by atoms with van der Waals surface area (Å²) in [5.41, 5.74) is 3.56. The first-order valence-corrected chi connectivity index (χ1v) is 8.35. The third-order valence-corrected chi connectivity index (χ3v) is 3.80. The number of carbonyl (C=O) groups is 2. The summed E-state index contributed by atoms with van der Waals surface area (Å²) in [4.78, 5) is 27.4. The van der Waals surface area contributed by atoms with Crippen LogP contribution < -0.4 is 10.6 Å². The number of nitrogens with zero attached hydrogens (tertiary/aromatic N) is 1. The largest absolute Gasteiger partial charge is 0.444 e. The van der Waals surface area contributed by atoms with Gasteiger partial charge < -0.3 is 14.5 Å². The Morgan fingerprint density at radius 2 is 1.74 bits per heavy atom. The topological polar surface area (TPSA) is 93.5 Å². The fraction of sp³-hybridized carbons (Fsp3) is 0.150. The number of oxazole rings is 1. The van der Waals surface area contributed by atoms with E-state index in [-0.39, 0.29) is 18.3 Å². The third kappa shape index (κ3) is 5.43. The zero-order chi connectivity index (χ0) is 19.1. The van der Waals surface area contributed by atoms with Gasteiger partial charge in [-0.1, -0.05) is 42.0 Å². The Kier molecular flexibility index (Phi) is 5.84. The molecule has 0 atom stereocenters. The molecule has 3 aromatic rings. The molecule has 0 aliphatic carbocycles. The van der Waals surface area contributed by atoms with Crippen LogP contribution in [0, 0.1) is 6.92 Å². The number of nitrogens with one attached hydrogen (secondary N) is 2. The molecule has 0 aliphatic heterocycles. The quantitative estimate of drug-likeness (QED) is 0.695. The predicted molar refractivity (Wildman–Crippen MR) is 99.1 cm³/mol. The highest BCUT2D eigenvalue weighted by atomic mass is 16.5. The second kappa shape index (κ2) is 8.66. The highest BCUT2D eigenvalue weighted by Gasteiger charge is 2.09. The second-order valence-electron chi connectivity index (χ2n) is 5.93. The summed E-state index contributed by atoms with van der Waals surface area (Å²) in [5, 5.41) is 5.39. The van der Waals surface area contributed by atoms with Crippen LogP contribution in [0.4, 0.5) is 10.5 Å². The van der Waals surface area contributed by atoms with Crippen molar-refractivity contribution in [3.63, 3.8) is 0 Å². The van der Waals surface area contributed by atoms with E-state index >= 15 is 0 Å². The second-order valence-corrected chi connectivity index (χ2v) is 5.93. The molecule has 0 unspecified atom stereocenters. The Hall–Kier alpha value is -3.61. The van der Waals surface area contributed by atoms with Crippen molar-refractivity contribution in [2.24, 2.45) is 0 Å². The lowest BCUT2D eigenvalue weighted by Gasteiger charge is -2.08. The number of hydrogen-bond acceptors (Lipinski definition) is 5. The lowest BCUT2D eigenvalue weighted by atomic mass is 10.2. The highest BCUT2D eigenvalue weighted by Crippen LogP contribution is 2.11. The fourth-order valence-electron chi connectivity index (χ4n) is 2.29. The van der Waals surface area contributed by atoms with Crippen molar-refractivity contribution in [1.29, 1.82) is 0 Å². The molecule has 0 saturated heterocycles. The average Bonchev–Trinajstić information content (AvgIpc) is 3.22. The van der Waals surface area contributed by atoms with Crippen LogP contribution in [0.1, 0.15) is 27.2 Å². The van der Waals surface area contributed by atoms with Crippen LogP contribution in [0.5, 0.6) is 0 Å². The van der Waals surface area contributed by atoms with Gasteiger partial charge in [-0.15, -0.1) is 0 Å². The van der Waals surface area contributed by atoms with E-state index < -0.39 is 6.09 Å². The minimum atomic E-state index is -0.526. The van der Waals surface area contributed by atoms with Crippen molar-refractivity contribution >= 4 is 17.7 Å². The molecule has 27 heavy (non-hydrogen) atoms. The molecule has 2 aromatic carbocycles. The van der Waals surface area contributed by atoms with E-state index in [4.69, 9.17) is 9.15 Å². The number of ether oxygens (including phenoxy) is 1. The van der Waals surface area contributed by atoms with Gasteiger partial charge in [0.1, 0.15) is 6.61 Å². The lowest BCUT2D eigenvalue weighted by molar-refractivity contribution is 0.0923. The third-order valence-electron chi connectivity index (χ3n) is 3.80. The van der Waals surface area contributed by atoms with Crippen molar-refractivity contribution in [1.82, 2.24) is 10.3 Å². The maximum Gasteiger partial charge on any atom is 0.411 e. The highest BCUT2D eigenvalue weighted by molar-refractivity contribution is 5.91. The van der Waals surface area contributed by atoms with Crippen LogP contribution in [0.15, 0.2) is 65.5 Å². The Labute approximate surface area is 156 Å². The van der Waals surface area contributed by atoms with E-state index in [0.29, 0.717) is 12.2 Å². The maximum atomic E-state index is 11.9. The Bertz CT molecular complexity index is 888. The summed E-state index contributed by atoms with van der Waals surface area (Å²) >= 11 is 0. The molecular formula is C20H19N3O4. The summed E-state index contributed by atoms with van der Waals surface area (Å²) in [6.07, 6.45) is 2.03. The number of aryl methyl sites for hydroxylation is 1. The number of anilines is 1. The van der Waals surface area contributed by atoms with Crippen LogP contribution in [-0.4, -0.2) is 17.0 Å². The number of rotatable bonds is 6. The summed E-state index contributed by atoms with van der Waals surface area (Å²) in [6.45, 7) is 2.54. The van der Waals surface area contributed by atoms with Gasteiger partial charge in [0.25, 0.3) is 5.91 Å². The van der Waals surface area contributed by atoms with Crippen LogP contribution in [-0.2, 0) is 17.9 Å². The molecule has 3 rings (SSSR count). The molecular weight excluding hydrogens is 346 g/mol. The molecule has 0 spiro atoms. The first kappa shape index (κ1) is 18.2. The zero-order valence-corrected chi connectivity index (χ0v) is 14.8. The van der Waals surface area contributed by atoms with Crippen molar-refractivity contribution in [3.8, 4) is 0 Å². The number of carbonyl (C=O) groups excluding carboxylic acids is 2. The fourth-order valence-corrected chi connectivity index (χ4v) is 2.29. The van der Waals surface area contributed by atoms with Gasteiger partial charge in [-0.2, -0.15) is 0 Å². The standard InChI is InChI=1S/C20H19N3O4/c1-14-2-4-16(5-3-14)12-26-20(25)23-17-8-6-15(7-9-17)10-22-19(24)18-11-21-13-27-18/h2-9,11,13H,10,12H2,1H3,(H,22,24)(H,23,25). The predicted octanol–water partition coefficient (Wildman–Crippen LogP) is 3.66. The molecule has 0 bridgehead atoms. The summed E-state index contributed by atoms with van der Waals surface area (Å²) in [5.74, 6) is -0.181. The van der Waals surface area contributed by atoms with Gasteiger partial charge in [0.15, 0.2) is 6.39 Å². The maximum absolute atomic E-state index is 11.9. The lowest BCUT2D eigenvalue weighted by Crippen LogP contribution is -2.22. The van der Waals surface area contributed by atoms with E-state index in [9.17, 15) is 9.59 Å². The molecule has 2 amide bonds. The average molecular weight is 365 g/mol. The first-order valence-electron chi connectivity index (χ1n) is 8.35. The van der Waals surface area contributed by atoms with E-state index in [1.54, 1.807) is 24.3 Å². The van der Waals surface area contributed by atoms with Gasteiger partial charge in [0, 0.05) is 12.2 Å². The van der Waals surface area contributed by atoms with Crippen LogP contribution >= 0.6 is 0 Å². The van der Waals surface area contributed by atoms with Crippen molar-refractivity contribution in [3.05, 3.63) is 83.6 Å². The molecule has 1 aromatic heterocycles. The molecule has 138 valence electrons. The van der Waals surface area contributed by atoms with Crippen LogP contribution in [0.25, 0.3) is 0 Å². The minimum absolute atomic E-state index is 0.157. The summed E-state index contributed by atoms with van der Waals surface area (Å²) in [6, 6.07) is 14.9. The molecule has 7 nitrogen and oxygen atoms in total. The molecule has 1 heterocycles. The first-order chi connectivity index (χ1) is 13.1. The smallest absolute Gasteiger partial charge is 0.411 e. The molecule has 7 heteroatoms. The van der Waals surface area contributed by atoms with Gasteiger partial charge in [-0.25, -0.2) is 9.78 Å². The summed E-state index contributed by atoms with van der Waals surface area (Å²) < 4.78 is 10.1. The van der Waals surface area contributed by atoms with E-state index in [1.165, 1.54) is 12.6 Å². The van der Waals surface area contributed by atoms with E-state index in [2.05, 4.69) is 15.6 Å². The van der Waals surface area contributed by atoms with E-state index in [0.717, 1.165) is 16.7 Å². The van der Waals surface area contributed by atoms with Crippen molar-refractivity contribution < 1.29 is 18.7 Å². The Morgan fingerprint density at radius 3 is 2.41 bits per heavy atom. The number of amides is 2. The van der Waals surface area contributed by atoms with Gasteiger partial charge >= 0.3 is 6.09 Å². The Balaban J connectivity index is 1.44. The van der Waals surface area contributed by atoms with Crippen LogP contribution in [0.3, 0.4) is 0 Å². The number of benzene rings is 2. The normalized spacial score (nSPS) is 10.3. The molecule has 0 fully saturated rings. The van der Waals surface area contributed by atoms with Crippen molar-refractivity contribution in [2.75, 3.05) is 5.32 Å². The SMILES string of the molecule is Cc1ccc(COC(=O)Nc2ccc(CNC(=O)c3cnco3)cc2)cc1. The minimum Gasteiger partial charge on any atom is -0.444 e. The number of aromatic nitrogens is 1. The molecule has 0 radical (unpaired) electrons. The monoisotopic (exact) mass is 365 g/mol. The van der Waals surface area contributed by atoms with Crippen molar-refractivity contribution in [2.45, 2.75) is 20.1 Å². The number of hydrogen-bond donors (Lipinski definition) is 2. The van der Waals surface area contributed by atoms with Gasteiger partial charge in [0.05, 0.1) is 6.20 Å². The van der Waals surface area contributed by atoms with Gasteiger partial charge in [-0.3, -0.25) is 10.1 Å².